The molecule has 3 fully saturated rings. The summed E-state index contributed by atoms with van der Waals surface area (Å²) in [7, 11) is 2.04. The lowest BCUT2D eigenvalue weighted by molar-refractivity contribution is 0.0631. The second kappa shape index (κ2) is 12.8. The largest absolute Gasteiger partial charge is 0.489 e. The molecule has 2 aromatic carbocycles. The summed E-state index contributed by atoms with van der Waals surface area (Å²) in [6.07, 6.45) is 2.35. The first kappa shape index (κ1) is 33.4. The molecule has 12 nitrogen and oxygen atoms in total. The van der Waals surface area contributed by atoms with E-state index < -0.39 is 11.6 Å². The van der Waals surface area contributed by atoms with Crippen molar-refractivity contribution in [3.05, 3.63) is 34.4 Å². The number of likely N-dealkylation sites (tertiary alicyclic amines) is 3. The Morgan fingerprint density at radius 1 is 1.20 bits per heavy atom. The number of benzene rings is 2. The SMILES string of the molecule is C[C@H](Oc1nc2c3c(c(Cl)c(-c4ccc(F)c5sc(N)c(C#N)c45)c(F)c3n1)OCCN2CC1CN(C(=O)N2CC[C@H]2C#N)C1)[C@@H]1CCCN1C. The first-order chi connectivity index (χ1) is 24.6. The Labute approximate surface area is 301 Å². The molecule has 16 heteroatoms. The highest BCUT2D eigenvalue weighted by Gasteiger charge is 2.41. The van der Waals surface area contributed by atoms with E-state index in [4.69, 9.17) is 31.8 Å². The number of urea groups is 1. The Hall–Kier alpha value is -4.70. The number of aromatic nitrogens is 2. The number of hydrogen-bond donors (Lipinski definition) is 1. The van der Waals surface area contributed by atoms with Crippen LogP contribution in [0.4, 0.5) is 24.4 Å². The number of nitriles is 2. The van der Waals surface area contributed by atoms with Gasteiger partial charge in [-0.05, 0) is 51.4 Å². The van der Waals surface area contributed by atoms with Gasteiger partial charge in [-0.15, -0.1) is 11.3 Å². The summed E-state index contributed by atoms with van der Waals surface area (Å²) in [6.45, 7) is 5.50. The van der Waals surface area contributed by atoms with Crippen LogP contribution < -0.4 is 20.1 Å². The monoisotopic (exact) mass is 733 g/mol. The molecule has 51 heavy (non-hydrogen) atoms. The fourth-order valence-corrected chi connectivity index (χ4v) is 9.08. The van der Waals surface area contributed by atoms with E-state index in [0.717, 1.165) is 30.7 Å². The number of nitrogen functional groups attached to an aromatic ring is 1. The molecule has 264 valence electrons. The van der Waals surface area contributed by atoms with E-state index >= 15 is 8.78 Å². The van der Waals surface area contributed by atoms with Crippen LogP contribution in [0.25, 0.3) is 32.1 Å². The maximum absolute atomic E-state index is 17.2. The molecule has 0 radical (unpaired) electrons. The van der Waals surface area contributed by atoms with Gasteiger partial charge in [0.2, 0.25) is 0 Å². The van der Waals surface area contributed by atoms with Gasteiger partial charge in [0.1, 0.15) is 47.0 Å². The zero-order valence-electron chi connectivity index (χ0n) is 28.0. The standard InChI is InChI=1S/C35H34ClF2N9O3S/c1-17(23-4-3-8-44(23)2)50-34-42-29-26-30(27(36)25(28(29)38)20-5-6-22(37)31-24(20)21(13-40)32(41)51-31)49-11-10-45(33(26)43-34)14-18-15-46(16-18)35(48)47-9-7-19(47)12-39/h5-6,17-19,23H,3-4,7-11,14-16,41H2,1-2H3/t17-,19-,23-/m0/s1. The van der Waals surface area contributed by atoms with E-state index in [1.54, 1.807) is 9.80 Å². The number of halogens is 3. The predicted molar refractivity (Wildman–Crippen MR) is 189 cm³/mol. The molecule has 0 spiro atoms. The van der Waals surface area contributed by atoms with Crippen molar-refractivity contribution in [2.45, 2.75) is 44.4 Å². The molecule has 8 rings (SSSR count). The van der Waals surface area contributed by atoms with Crippen LogP contribution in [0.1, 0.15) is 31.7 Å². The molecule has 0 unspecified atom stereocenters. The third-order valence-electron chi connectivity index (χ3n) is 10.6. The van der Waals surface area contributed by atoms with Gasteiger partial charge < -0.3 is 29.9 Å². The summed E-state index contributed by atoms with van der Waals surface area (Å²) in [4.78, 5) is 30.0. The summed E-state index contributed by atoms with van der Waals surface area (Å²) < 4.78 is 45.0. The lowest BCUT2D eigenvalue weighted by Gasteiger charge is -2.47. The number of amides is 2. The van der Waals surface area contributed by atoms with Crippen LogP contribution in [0.5, 0.6) is 11.8 Å². The van der Waals surface area contributed by atoms with Crippen LogP contribution in [-0.4, -0.2) is 102 Å². The quantitative estimate of drug-likeness (QED) is 0.265. The highest BCUT2D eigenvalue weighted by atomic mass is 35.5. The van der Waals surface area contributed by atoms with E-state index in [2.05, 4.69) is 16.0 Å². The summed E-state index contributed by atoms with van der Waals surface area (Å²) in [5.74, 6) is -0.752. The Morgan fingerprint density at radius 2 is 2.00 bits per heavy atom. The number of carbonyl (C=O) groups excluding carboxylic acids is 1. The van der Waals surface area contributed by atoms with E-state index in [0.29, 0.717) is 45.0 Å². The number of anilines is 2. The van der Waals surface area contributed by atoms with Crippen LogP contribution in [-0.2, 0) is 0 Å². The van der Waals surface area contributed by atoms with Gasteiger partial charge in [-0.25, -0.2) is 13.6 Å². The van der Waals surface area contributed by atoms with Crippen molar-refractivity contribution in [1.29, 1.82) is 10.5 Å². The molecule has 4 aromatic rings. The number of hydrogen-bond acceptors (Lipinski definition) is 11. The number of nitrogens with zero attached hydrogens (tertiary/aromatic N) is 8. The molecule has 3 atom stereocenters. The van der Waals surface area contributed by atoms with Crippen molar-refractivity contribution in [3.63, 3.8) is 0 Å². The molecule has 4 aliphatic heterocycles. The van der Waals surface area contributed by atoms with E-state index in [1.807, 2.05) is 24.9 Å². The van der Waals surface area contributed by atoms with Crippen LogP contribution in [0.15, 0.2) is 12.1 Å². The van der Waals surface area contributed by atoms with Crippen LogP contribution in [0.2, 0.25) is 5.02 Å². The third-order valence-corrected chi connectivity index (χ3v) is 12.0. The molecule has 2 N–H and O–H groups in total. The van der Waals surface area contributed by atoms with Crippen LogP contribution >= 0.6 is 22.9 Å². The van der Waals surface area contributed by atoms with E-state index in [9.17, 15) is 15.3 Å². The molecule has 3 saturated heterocycles. The molecule has 2 aromatic heterocycles. The Morgan fingerprint density at radius 3 is 2.69 bits per heavy atom. The molecular formula is C35H34ClF2N9O3S. The second-order valence-electron chi connectivity index (χ2n) is 13.6. The fourth-order valence-electron chi connectivity index (χ4n) is 7.80. The molecule has 0 saturated carbocycles. The van der Waals surface area contributed by atoms with Gasteiger partial charge in [-0.2, -0.15) is 20.5 Å². The number of nitrogens with two attached hydrogens (primary N) is 1. The minimum absolute atomic E-state index is 0.0113. The van der Waals surface area contributed by atoms with Gasteiger partial charge >= 0.3 is 12.0 Å². The van der Waals surface area contributed by atoms with E-state index in [1.165, 1.54) is 12.1 Å². The third kappa shape index (κ3) is 5.41. The highest BCUT2D eigenvalue weighted by Crippen LogP contribution is 2.51. The van der Waals surface area contributed by atoms with Gasteiger partial charge in [-0.1, -0.05) is 17.7 Å². The first-order valence-electron chi connectivity index (χ1n) is 16.9. The molecule has 0 bridgehead atoms. The Bertz CT molecular complexity index is 2180. The fraction of sp³-hybridized carbons (Fsp3) is 0.457. The Kier molecular flexibility index (Phi) is 8.40. The van der Waals surface area contributed by atoms with Crippen molar-refractivity contribution in [2.24, 2.45) is 5.92 Å². The number of thiophene rings is 1. The molecule has 0 aliphatic carbocycles. The van der Waals surface area contributed by atoms with Gasteiger partial charge in [0.15, 0.2) is 11.6 Å². The number of rotatable bonds is 6. The van der Waals surface area contributed by atoms with Crippen LogP contribution in [0.3, 0.4) is 0 Å². The summed E-state index contributed by atoms with van der Waals surface area (Å²) >= 11 is 7.95. The average molecular weight is 734 g/mol. The second-order valence-corrected chi connectivity index (χ2v) is 15.1. The number of fused-ring (bicyclic) bond motifs is 1. The Balaban J connectivity index is 1.22. The first-order valence-corrected chi connectivity index (χ1v) is 18.1. The van der Waals surface area contributed by atoms with Gasteiger partial charge in [0.25, 0.3) is 0 Å². The summed E-state index contributed by atoms with van der Waals surface area (Å²) in [6, 6.07) is 6.39. The summed E-state index contributed by atoms with van der Waals surface area (Å²) in [5.41, 5.74) is 6.14. The predicted octanol–water partition coefficient (Wildman–Crippen LogP) is 5.61. The maximum atomic E-state index is 17.2. The smallest absolute Gasteiger partial charge is 0.321 e. The van der Waals surface area contributed by atoms with Crippen molar-refractivity contribution in [3.8, 4) is 35.0 Å². The topological polar surface area (TPSA) is 148 Å². The normalized spacial score (nSPS) is 21.1. The van der Waals surface area contributed by atoms with Crippen LogP contribution in [0, 0.1) is 40.2 Å². The molecule has 4 aliphatic rings. The van der Waals surface area contributed by atoms with Crippen molar-refractivity contribution < 1.29 is 23.0 Å². The summed E-state index contributed by atoms with van der Waals surface area (Å²) in [5, 5.41) is 19.7. The zero-order valence-corrected chi connectivity index (χ0v) is 29.5. The van der Waals surface area contributed by atoms with Gasteiger partial charge in [-0.3, -0.25) is 4.90 Å². The zero-order chi connectivity index (χ0) is 35.7. The number of ether oxygens (including phenoxy) is 2. The molecule has 6 heterocycles. The minimum Gasteiger partial charge on any atom is -0.489 e. The number of likely N-dealkylation sites (N-methyl/N-ethyl adjacent to an activating group) is 1. The average Bonchev–Trinajstić information content (AvgIpc) is 3.60. The van der Waals surface area contributed by atoms with Gasteiger partial charge in [0, 0.05) is 49.1 Å². The van der Waals surface area contributed by atoms with Crippen molar-refractivity contribution in [1.82, 2.24) is 24.7 Å². The minimum atomic E-state index is -0.799. The highest BCUT2D eigenvalue weighted by molar-refractivity contribution is 7.23. The maximum Gasteiger partial charge on any atom is 0.321 e. The van der Waals surface area contributed by atoms with Crippen molar-refractivity contribution >= 4 is 60.8 Å². The lowest BCUT2D eigenvalue weighted by Crippen LogP contribution is -2.62. The van der Waals surface area contributed by atoms with E-state index in [-0.39, 0.29) is 96.2 Å². The molecular weight excluding hydrogens is 700 g/mol. The van der Waals surface area contributed by atoms with Crippen molar-refractivity contribution in [2.75, 3.05) is 63.6 Å². The lowest BCUT2D eigenvalue weighted by atomic mass is 9.96. The van der Waals surface area contributed by atoms with Gasteiger partial charge in [0.05, 0.1) is 33.3 Å². The molecule has 2 amide bonds. The number of carbonyl (C=O) groups is 1.